The van der Waals surface area contributed by atoms with Crippen LogP contribution in [0.5, 0.6) is 23.0 Å². The van der Waals surface area contributed by atoms with Crippen LogP contribution in [0.4, 0.5) is 0 Å². The number of amides is 1. The van der Waals surface area contributed by atoms with Crippen molar-refractivity contribution < 1.29 is 38.4 Å². The number of carbonyl (C=O) groups excluding carboxylic acids is 1. The number of aliphatic carboxylic acids is 1. The Morgan fingerprint density at radius 3 is 2.27 bits per heavy atom. The van der Waals surface area contributed by atoms with Crippen molar-refractivity contribution in [3.8, 4) is 34.1 Å². The topological polar surface area (TPSA) is 107 Å². The minimum atomic E-state index is -0.921. The molecule has 258 valence electrons. The molecule has 0 spiro atoms. The van der Waals surface area contributed by atoms with Crippen LogP contribution < -0.4 is 18.9 Å². The molecular weight excluding hydrogens is 612 g/mol. The highest BCUT2D eigenvalue weighted by atomic mass is 16.7. The fourth-order valence-corrected chi connectivity index (χ4v) is 6.72. The number of fused-ring (bicyclic) bond motifs is 1. The van der Waals surface area contributed by atoms with Gasteiger partial charge in [0, 0.05) is 38.7 Å². The Kier molecular flexibility index (Phi) is 12.2. The lowest BCUT2D eigenvalue weighted by Gasteiger charge is -2.31. The number of benzene rings is 3. The largest absolute Gasteiger partial charge is 0.497 e. The van der Waals surface area contributed by atoms with E-state index in [4.69, 9.17) is 23.7 Å². The molecule has 2 heterocycles. The highest BCUT2D eigenvalue weighted by Gasteiger charge is 2.49. The summed E-state index contributed by atoms with van der Waals surface area (Å²) in [6.07, 6.45) is 3.82. The average Bonchev–Trinajstić information content (AvgIpc) is 3.73. The molecule has 0 aromatic heterocycles. The summed E-state index contributed by atoms with van der Waals surface area (Å²) in [5.74, 6) is 0.453. The van der Waals surface area contributed by atoms with Gasteiger partial charge >= 0.3 is 5.97 Å². The first kappa shape index (κ1) is 35.0. The number of rotatable bonds is 17. The van der Waals surface area contributed by atoms with E-state index in [1.165, 1.54) is 0 Å². The molecule has 3 unspecified atom stereocenters. The predicted octanol–water partition coefficient (Wildman–Crippen LogP) is 6.39. The van der Waals surface area contributed by atoms with E-state index in [9.17, 15) is 14.7 Å². The van der Waals surface area contributed by atoms with Crippen molar-refractivity contribution in [3.63, 3.8) is 0 Å². The molecule has 2 aliphatic rings. The fraction of sp³-hybridized carbons (Fsp3) is 0.474. The van der Waals surface area contributed by atoms with Gasteiger partial charge in [-0.2, -0.15) is 0 Å². The van der Waals surface area contributed by atoms with Gasteiger partial charge in [-0.25, -0.2) is 0 Å². The maximum atomic E-state index is 14.0. The molecule has 1 saturated heterocycles. The number of hydrogen-bond acceptors (Lipinski definition) is 8. The predicted molar refractivity (Wildman–Crippen MR) is 183 cm³/mol. The van der Waals surface area contributed by atoms with E-state index in [2.05, 4.69) is 18.7 Å². The van der Waals surface area contributed by atoms with Crippen molar-refractivity contribution in [2.24, 2.45) is 5.92 Å². The Bertz CT molecular complexity index is 1520. The molecule has 3 aromatic carbocycles. The van der Waals surface area contributed by atoms with Crippen LogP contribution in [0.3, 0.4) is 0 Å². The lowest BCUT2D eigenvalue weighted by molar-refractivity contribution is -0.144. The number of carboxylic acids is 1. The third kappa shape index (κ3) is 8.05. The number of carbonyl (C=O) groups is 2. The van der Waals surface area contributed by atoms with Gasteiger partial charge in [0.2, 0.25) is 12.7 Å². The second kappa shape index (κ2) is 16.7. The lowest BCUT2D eigenvalue weighted by Crippen LogP contribution is -2.42. The number of ether oxygens (including phenoxy) is 5. The smallest absolute Gasteiger partial charge is 0.309 e. The number of unbranched alkanes of at least 4 members (excludes halogenated alkanes) is 2. The van der Waals surface area contributed by atoms with Crippen LogP contribution in [0.25, 0.3) is 11.1 Å². The molecular formula is C38H48N2O8. The number of likely N-dealkylation sites (tertiary alicyclic amines) is 1. The van der Waals surface area contributed by atoms with Crippen molar-refractivity contribution in [1.82, 2.24) is 9.80 Å². The Balaban J connectivity index is 1.57. The minimum absolute atomic E-state index is 0.0185. The highest BCUT2D eigenvalue weighted by Crippen LogP contribution is 2.50. The molecule has 1 amide bonds. The summed E-state index contributed by atoms with van der Waals surface area (Å²) in [4.78, 5) is 31.4. The van der Waals surface area contributed by atoms with E-state index in [-0.39, 0.29) is 19.2 Å². The van der Waals surface area contributed by atoms with Gasteiger partial charge in [-0.15, -0.1) is 0 Å². The fourth-order valence-electron chi connectivity index (χ4n) is 6.72. The van der Waals surface area contributed by atoms with Crippen LogP contribution in [0.2, 0.25) is 0 Å². The maximum absolute atomic E-state index is 14.0. The quantitative estimate of drug-likeness (QED) is 0.165. The third-order valence-electron chi connectivity index (χ3n) is 9.26. The summed E-state index contributed by atoms with van der Waals surface area (Å²) in [5.41, 5.74) is 3.39. The van der Waals surface area contributed by atoms with E-state index in [0.29, 0.717) is 55.8 Å². The Morgan fingerprint density at radius 2 is 1.60 bits per heavy atom. The lowest BCUT2D eigenvalue weighted by atomic mass is 9.81. The number of carboxylic acid groups (broad SMARTS) is 1. The number of methoxy groups -OCH3 is 2. The van der Waals surface area contributed by atoms with Gasteiger partial charge in [-0.05, 0) is 71.5 Å². The normalized spacial score (nSPS) is 18.5. The van der Waals surface area contributed by atoms with E-state index in [1.54, 1.807) is 14.2 Å². The van der Waals surface area contributed by atoms with Crippen LogP contribution in [-0.4, -0.2) is 87.2 Å². The van der Waals surface area contributed by atoms with Gasteiger partial charge in [0.05, 0.1) is 26.2 Å². The highest BCUT2D eigenvalue weighted by molar-refractivity contribution is 5.80. The van der Waals surface area contributed by atoms with Crippen LogP contribution >= 0.6 is 0 Å². The van der Waals surface area contributed by atoms with Crippen LogP contribution in [0, 0.1) is 5.92 Å². The summed E-state index contributed by atoms with van der Waals surface area (Å²) < 4.78 is 27.7. The molecule has 1 fully saturated rings. The van der Waals surface area contributed by atoms with Crippen LogP contribution in [-0.2, 0) is 14.3 Å². The second-order valence-corrected chi connectivity index (χ2v) is 12.4. The monoisotopic (exact) mass is 660 g/mol. The Morgan fingerprint density at radius 1 is 0.896 bits per heavy atom. The average molecular weight is 661 g/mol. The van der Waals surface area contributed by atoms with Crippen molar-refractivity contribution in [3.05, 3.63) is 71.8 Å². The second-order valence-electron chi connectivity index (χ2n) is 12.4. The summed E-state index contributed by atoms with van der Waals surface area (Å²) in [6, 6.07) is 18.5. The molecule has 0 bridgehead atoms. The first-order valence-electron chi connectivity index (χ1n) is 16.9. The SMILES string of the molecule is CCCCN(CCCC)C(=O)CN1CC(c2ccc3c(c2)OCO3)C(C(=O)O)C1c1ccc(OC)cc1-c1ccc(OCCOC)cc1. The first-order chi connectivity index (χ1) is 23.4. The molecule has 1 N–H and O–H groups in total. The van der Waals surface area contributed by atoms with Gasteiger partial charge in [0.25, 0.3) is 0 Å². The van der Waals surface area contributed by atoms with Gasteiger partial charge in [-0.1, -0.05) is 51.0 Å². The van der Waals surface area contributed by atoms with Crippen LogP contribution in [0.1, 0.15) is 62.6 Å². The van der Waals surface area contributed by atoms with Gasteiger partial charge in [0.15, 0.2) is 11.5 Å². The van der Waals surface area contributed by atoms with Gasteiger partial charge in [-0.3, -0.25) is 14.5 Å². The Labute approximate surface area is 283 Å². The summed E-state index contributed by atoms with van der Waals surface area (Å²) in [6.45, 7) is 7.16. The summed E-state index contributed by atoms with van der Waals surface area (Å²) in [7, 11) is 3.25. The molecule has 2 aliphatic heterocycles. The molecule has 0 radical (unpaired) electrons. The molecule has 0 saturated carbocycles. The number of nitrogens with zero attached hydrogens (tertiary/aromatic N) is 2. The molecule has 10 heteroatoms. The molecule has 10 nitrogen and oxygen atoms in total. The van der Waals surface area contributed by atoms with Crippen molar-refractivity contribution in [1.29, 1.82) is 0 Å². The van der Waals surface area contributed by atoms with E-state index < -0.39 is 23.8 Å². The van der Waals surface area contributed by atoms with E-state index in [1.807, 2.05) is 65.6 Å². The molecule has 48 heavy (non-hydrogen) atoms. The van der Waals surface area contributed by atoms with Crippen molar-refractivity contribution in [2.45, 2.75) is 51.5 Å². The summed E-state index contributed by atoms with van der Waals surface area (Å²) in [5, 5.41) is 10.9. The van der Waals surface area contributed by atoms with Crippen LogP contribution in [0.15, 0.2) is 60.7 Å². The van der Waals surface area contributed by atoms with Gasteiger partial charge in [0.1, 0.15) is 18.1 Å². The maximum Gasteiger partial charge on any atom is 0.309 e. The molecule has 3 atom stereocenters. The number of hydrogen-bond donors (Lipinski definition) is 1. The van der Waals surface area contributed by atoms with Crippen molar-refractivity contribution in [2.75, 3.05) is 60.4 Å². The first-order valence-corrected chi connectivity index (χ1v) is 16.9. The van der Waals surface area contributed by atoms with E-state index >= 15 is 0 Å². The Hall–Kier alpha value is -4.28. The molecule has 3 aromatic rings. The molecule has 5 rings (SSSR count). The zero-order valence-corrected chi connectivity index (χ0v) is 28.5. The summed E-state index contributed by atoms with van der Waals surface area (Å²) >= 11 is 0. The zero-order valence-electron chi connectivity index (χ0n) is 28.5. The van der Waals surface area contributed by atoms with Crippen molar-refractivity contribution >= 4 is 11.9 Å². The third-order valence-corrected chi connectivity index (χ3v) is 9.26. The minimum Gasteiger partial charge on any atom is -0.497 e. The van der Waals surface area contributed by atoms with Gasteiger partial charge < -0.3 is 33.7 Å². The standard InChI is InChI=1S/C38H48N2O8/c1-5-7-17-39(18-8-6-2)35(41)24-40-23-32(27-11-16-33-34(21-27)48-25-47-33)36(38(42)43)37(40)30-15-14-29(45-4)22-31(30)26-9-12-28(13-10-26)46-20-19-44-3/h9-16,21-22,32,36-37H,5-8,17-20,23-25H2,1-4H3,(H,42,43). The molecule has 0 aliphatic carbocycles. The van der Waals surface area contributed by atoms with E-state index in [0.717, 1.165) is 47.9 Å². The zero-order chi connectivity index (χ0) is 34.0.